The smallest absolute Gasteiger partial charge is 0.0288 e. The summed E-state index contributed by atoms with van der Waals surface area (Å²) in [6.45, 7) is 22.5. The molecule has 0 radical (unpaired) electrons. The van der Waals surface area contributed by atoms with E-state index in [1.165, 1.54) is 122 Å². The van der Waals surface area contributed by atoms with Gasteiger partial charge in [-0.25, -0.2) is 0 Å². The molecule has 40 heavy (non-hydrogen) atoms. The molecule has 0 aromatic rings. The zero-order valence-electron chi connectivity index (χ0n) is 28.5. The normalized spacial score (nSPS) is 14.1. The van der Waals surface area contributed by atoms with E-state index in [1.54, 1.807) is 0 Å². The fourth-order valence-corrected chi connectivity index (χ4v) is 4.63. The van der Waals surface area contributed by atoms with Gasteiger partial charge >= 0.3 is 0 Å². The van der Waals surface area contributed by atoms with Gasteiger partial charge < -0.3 is 0 Å². The van der Waals surface area contributed by atoms with E-state index >= 15 is 0 Å². The molecule has 0 aliphatic rings. The summed E-state index contributed by atoms with van der Waals surface area (Å²) in [5.41, 5.74) is 12.0. The van der Waals surface area contributed by atoms with E-state index in [0.29, 0.717) is 0 Å². The first-order chi connectivity index (χ1) is 19.0. The maximum atomic E-state index is 2.45. The van der Waals surface area contributed by atoms with E-state index in [1.807, 2.05) is 0 Å². The van der Waals surface area contributed by atoms with E-state index in [9.17, 15) is 0 Å². The lowest BCUT2D eigenvalue weighted by atomic mass is 10.0. The summed E-state index contributed by atoms with van der Waals surface area (Å²) >= 11 is 0. The van der Waals surface area contributed by atoms with Crippen LogP contribution in [0.3, 0.4) is 0 Å². The quantitative estimate of drug-likeness (QED) is 0.0991. The van der Waals surface area contributed by atoms with Gasteiger partial charge in [0.15, 0.2) is 0 Å². The first-order valence-corrected chi connectivity index (χ1v) is 16.2. The van der Waals surface area contributed by atoms with Crippen molar-refractivity contribution in [3.8, 4) is 0 Å². The molecular formula is C40H66. The Morgan fingerprint density at radius 3 is 0.625 bits per heavy atom. The molecule has 0 fully saturated rings. The van der Waals surface area contributed by atoms with Crippen LogP contribution in [-0.4, -0.2) is 0 Å². The average molecular weight is 547 g/mol. The number of hydrogen-bond donors (Lipinski definition) is 0. The molecule has 0 aromatic carbocycles. The molecular weight excluding hydrogens is 480 g/mol. The average Bonchev–Trinajstić information content (AvgIpc) is 2.86. The second-order valence-electron chi connectivity index (χ2n) is 12.7. The lowest BCUT2D eigenvalue weighted by molar-refractivity contribution is 0.888. The zero-order chi connectivity index (χ0) is 30.2. The fourth-order valence-electron chi connectivity index (χ4n) is 4.63. The number of rotatable bonds is 21. The molecule has 0 spiro atoms. The lowest BCUT2D eigenvalue weighted by Crippen LogP contribution is -1.83. The molecule has 0 saturated heterocycles. The summed E-state index contributed by atoms with van der Waals surface area (Å²) in [5.74, 6) is 0. The summed E-state index contributed by atoms with van der Waals surface area (Å²) in [5, 5.41) is 0. The molecule has 0 aromatic heterocycles. The van der Waals surface area contributed by atoms with Crippen LogP contribution in [0.15, 0.2) is 93.2 Å². The zero-order valence-corrected chi connectivity index (χ0v) is 28.5. The van der Waals surface area contributed by atoms with Gasteiger partial charge in [-0.15, -0.1) is 0 Å². The van der Waals surface area contributed by atoms with Crippen LogP contribution in [0.2, 0.25) is 0 Å². The van der Waals surface area contributed by atoms with Crippen LogP contribution in [0, 0.1) is 0 Å². The molecule has 0 amide bonds. The monoisotopic (exact) mass is 547 g/mol. The molecule has 226 valence electrons. The van der Waals surface area contributed by atoms with E-state index in [2.05, 4.69) is 118 Å². The highest BCUT2D eigenvalue weighted by Crippen LogP contribution is 2.16. The highest BCUT2D eigenvalue weighted by Gasteiger charge is 1.96. The van der Waals surface area contributed by atoms with Crippen LogP contribution in [-0.2, 0) is 0 Å². The van der Waals surface area contributed by atoms with Crippen molar-refractivity contribution in [1.82, 2.24) is 0 Å². The molecule has 0 aliphatic heterocycles. The minimum Gasteiger partial charge on any atom is -0.0856 e. The van der Waals surface area contributed by atoms with E-state index in [0.717, 1.165) is 12.8 Å². The van der Waals surface area contributed by atoms with Crippen molar-refractivity contribution in [2.24, 2.45) is 0 Å². The van der Waals surface area contributed by atoms with Gasteiger partial charge in [-0.2, -0.15) is 0 Å². The second kappa shape index (κ2) is 24.7. The Hall–Kier alpha value is -2.08. The van der Waals surface area contributed by atoms with Crippen molar-refractivity contribution in [3.63, 3.8) is 0 Å². The molecule has 0 bridgehead atoms. The molecule has 0 nitrogen and oxygen atoms in total. The summed E-state index contributed by atoms with van der Waals surface area (Å²) in [6, 6.07) is 0. The predicted molar refractivity (Wildman–Crippen MR) is 186 cm³/mol. The van der Waals surface area contributed by atoms with Gasteiger partial charge in [0.1, 0.15) is 0 Å². The van der Waals surface area contributed by atoms with Crippen LogP contribution >= 0.6 is 0 Å². The van der Waals surface area contributed by atoms with E-state index in [4.69, 9.17) is 0 Å². The first-order valence-electron chi connectivity index (χ1n) is 16.2. The van der Waals surface area contributed by atoms with Crippen molar-refractivity contribution in [1.29, 1.82) is 0 Å². The van der Waals surface area contributed by atoms with Crippen molar-refractivity contribution < 1.29 is 0 Å². The molecule has 0 aliphatic carbocycles. The van der Waals surface area contributed by atoms with Gasteiger partial charge in [-0.3, -0.25) is 0 Å². The summed E-state index contributed by atoms with van der Waals surface area (Å²) < 4.78 is 0. The molecule has 0 atom stereocenters. The predicted octanol–water partition coefficient (Wildman–Crippen LogP) is 14.1. The van der Waals surface area contributed by atoms with Crippen LogP contribution in [0.5, 0.6) is 0 Å². The first kappa shape index (κ1) is 37.9. The highest BCUT2D eigenvalue weighted by atomic mass is 14.0. The van der Waals surface area contributed by atoms with Crippen molar-refractivity contribution in [2.45, 2.75) is 159 Å². The largest absolute Gasteiger partial charge is 0.0856 e. The number of allylic oxidation sites excluding steroid dienone is 16. The maximum absolute atomic E-state index is 2.45. The molecule has 0 N–H and O–H groups in total. The van der Waals surface area contributed by atoms with Gasteiger partial charge in [0.25, 0.3) is 0 Å². The summed E-state index contributed by atoms with van der Waals surface area (Å²) in [7, 11) is 0. The van der Waals surface area contributed by atoms with Gasteiger partial charge in [-0.1, -0.05) is 93.2 Å². The Bertz CT molecular complexity index is 847. The van der Waals surface area contributed by atoms with Gasteiger partial charge in [-0.05, 0) is 159 Å². The molecule has 0 rings (SSSR count). The standard InChI is InChI=1S/C40H66/c1-33(2)19-13-23-37(7)27-17-31-39(9)29-15-25-35(5)21-11-12-22-36(6)26-16-30-40(10)32-18-28-38(8)24-14-20-34(3)4/h19-22,27-30H,11-18,23-26,31-32H2,1-10H3/b35-21+,36-22?,37-27+,38-28?,39-29+,40-30?. The van der Waals surface area contributed by atoms with Crippen LogP contribution in [0.1, 0.15) is 159 Å². The minimum absolute atomic E-state index is 1.16. The highest BCUT2D eigenvalue weighted by molar-refractivity contribution is 5.09. The topological polar surface area (TPSA) is 0 Å². The summed E-state index contributed by atoms with van der Waals surface area (Å²) in [4.78, 5) is 0. The maximum Gasteiger partial charge on any atom is -0.0288 e. The van der Waals surface area contributed by atoms with Crippen molar-refractivity contribution >= 4 is 0 Å². The Balaban J connectivity index is 4.15. The number of hydrogen-bond acceptors (Lipinski definition) is 0. The van der Waals surface area contributed by atoms with Gasteiger partial charge in [0.05, 0.1) is 0 Å². The second-order valence-corrected chi connectivity index (χ2v) is 12.7. The molecule has 0 heterocycles. The van der Waals surface area contributed by atoms with Gasteiger partial charge in [0.2, 0.25) is 0 Å². The van der Waals surface area contributed by atoms with E-state index in [-0.39, 0.29) is 0 Å². The molecule has 0 unspecified atom stereocenters. The Kier molecular flexibility index (Phi) is 23.4. The van der Waals surface area contributed by atoms with Crippen molar-refractivity contribution in [2.75, 3.05) is 0 Å². The third kappa shape index (κ3) is 26.2. The van der Waals surface area contributed by atoms with Crippen LogP contribution in [0.4, 0.5) is 0 Å². The Morgan fingerprint density at radius 2 is 0.425 bits per heavy atom. The fraction of sp³-hybridized carbons (Fsp3) is 0.600. The lowest BCUT2D eigenvalue weighted by Gasteiger charge is -2.03. The minimum atomic E-state index is 1.16. The Labute approximate surface area is 251 Å². The molecule has 0 saturated carbocycles. The van der Waals surface area contributed by atoms with Crippen LogP contribution < -0.4 is 0 Å². The molecule has 0 heteroatoms. The third-order valence-corrected chi connectivity index (χ3v) is 7.46. The van der Waals surface area contributed by atoms with Gasteiger partial charge in [0, 0.05) is 0 Å². The third-order valence-electron chi connectivity index (χ3n) is 7.46. The number of unbranched alkanes of at least 4 members (excludes halogenated alkanes) is 1. The summed E-state index contributed by atoms with van der Waals surface area (Å²) in [6.07, 6.45) is 35.8. The SMILES string of the molecule is CC(C)=CCCC(C)=CCCC(C)=CCCC(C)=CCC/C=C(\C)CC/C=C(\C)CC/C=C(\C)CCC=C(C)C. The Morgan fingerprint density at radius 1 is 0.250 bits per heavy atom. The van der Waals surface area contributed by atoms with Crippen molar-refractivity contribution in [3.05, 3.63) is 93.2 Å². The van der Waals surface area contributed by atoms with Crippen LogP contribution in [0.25, 0.3) is 0 Å². The van der Waals surface area contributed by atoms with E-state index < -0.39 is 0 Å².